The lowest BCUT2D eigenvalue weighted by atomic mass is 9.83. The van der Waals surface area contributed by atoms with Gasteiger partial charge in [0.2, 0.25) is 0 Å². The van der Waals surface area contributed by atoms with Crippen LogP contribution >= 0.6 is 0 Å². The molecule has 0 fully saturated rings. The topological polar surface area (TPSA) is 0 Å². The van der Waals surface area contributed by atoms with Gasteiger partial charge >= 0.3 is 0 Å². The van der Waals surface area contributed by atoms with Crippen molar-refractivity contribution >= 4 is 108 Å². The van der Waals surface area contributed by atoms with Crippen molar-refractivity contribution in [3.05, 3.63) is 522 Å². The van der Waals surface area contributed by atoms with E-state index in [1.165, 1.54) is 241 Å². The standard InChI is InChI=1S/C46H30.2C42H28/c1-2-14-31(15-3-1)32-26-28-33(29-27-32)45-40-22-10-12-24-42(40)46(43-25-13-11-23-41(43)45)39-21-9-8-20-38(39)44-30-34-16-4-5-17-35(34)36-18-6-7-19-37(36)44;1-2-11-29(12-3-1)31-21-24-32(25-22-31)41-37-17-6-8-19-39(37)42(40-20-9-7-18-38(40)41)36-16-10-15-34(28-36)35-26-23-30-13-4-5-14-33(30)27-35;1-2-10-29(11-3-1)31-18-23-33(24-19-31)41-37-14-6-8-16-39(37)42(40-17-9-7-15-38(40)41)34-25-20-32(21-26-34)36-27-22-30-12-4-5-13-35(30)28-36/h1-30H;2*1-28H. The molecule has 0 radical (unpaired) electrons. The molecule has 25 aromatic carbocycles. The number of hydrogen-bond donors (Lipinski definition) is 0. The molecule has 0 N–H and O–H groups in total. The normalized spacial score (nSPS) is 11.4. The molecule has 0 saturated carbocycles. The maximum absolute atomic E-state index is 2.38. The van der Waals surface area contributed by atoms with Gasteiger partial charge in [0.05, 0.1) is 0 Å². The van der Waals surface area contributed by atoms with Gasteiger partial charge in [0.25, 0.3) is 0 Å². The lowest BCUT2D eigenvalue weighted by Gasteiger charge is -2.20. The summed E-state index contributed by atoms with van der Waals surface area (Å²) in [5.74, 6) is 0. The summed E-state index contributed by atoms with van der Waals surface area (Å²) in [5, 5.41) is 25.4. The molecule has 0 bridgehead atoms. The molecule has 0 heteroatoms. The smallest absolute Gasteiger partial charge is 0.00201 e. The van der Waals surface area contributed by atoms with Crippen LogP contribution in [0.4, 0.5) is 0 Å². The van der Waals surface area contributed by atoms with Crippen molar-refractivity contribution in [2.24, 2.45) is 0 Å². The Balaban J connectivity index is 0.000000111. The van der Waals surface area contributed by atoms with Crippen LogP contribution in [0.2, 0.25) is 0 Å². The van der Waals surface area contributed by atoms with Gasteiger partial charge in [-0.05, 0) is 266 Å². The SMILES string of the molecule is c1ccc(-c2ccc(-c3c4ccccc4c(-c4ccc(-c5ccc6ccccc6c5)cc4)c4ccccc34)cc2)cc1.c1ccc(-c2ccc(-c3c4ccccc4c(-c4cccc(-c5ccc6ccccc6c5)c4)c4ccccc34)cc2)cc1.c1ccc(-c2ccc(-c3c4ccccc4c(-c4ccccc4-c4cc5ccccc5c5ccccc45)c4ccccc34)cc2)cc1. The Morgan fingerprint density at radius 3 is 0.654 bits per heavy atom. The molecule has 0 unspecified atom stereocenters. The van der Waals surface area contributed by atoms with Gasteiger partial charge in [0, 0.05) is 0 Å². The minimum Gasteiger partial charge on any atom is -0.0622 e. The Hall–Kier alpha value is -16.9. The first-order chi connectivity index (χ1) is 64.5. The molecule has 0 aliphatic heterocycles. The molecule has 0 nitrogen and oxygen atoms in total. The molecule has 0 spiro atoms. The van der Waals surface area contributed by atoms with E-state index in [1.54, 1.807) is 0 Å². The van der Waals surface area contributed by atoms with Gasteiger partial charge in [-0.2, -0.15) is 0 Å². The average molecular weight is 1650 g/mol. The second-order valence-electron chi connectivity index (χ2n) is 33.9. The first kappa shape index (κ1) is 77.9. The summed E-state index contributed by atoms with van der Waals surface area (Å²) in [6.07, 6.45) is 0. The quantitative estimate of drug-likeness (QED) is 0.0845. The van der Waals surface area contributed by atoms with Crippen LogP contribution in [0.15, 0.2) is 522 Å². The van der Waals surface area contributed by atoms with E-state index in [0.717, 1.165) is 0 Å². The molecular weight excluding hydrogens is 1560 g/mol. The highest BCUT2D eigenvalue weighted by Gasteiger charge is 2.24. The van der Waals surface area contributed by atoms with Crippen molar-refractivity contribution in [3.8, 4) is 134 Å². The van der Waals surface area contributed by atoms with Crippen LogP contribution in [0.1, 0.15) is 0 Å². The van der Waals surface area contributed by atoms with Gasteiger partial charge in [-0.25, -0.2) is 0 Å². The molecule has 0 aliphatic carbocycles. The van der Waals surface area contributed by atoms with Crippen LogP contribution in [0.25, 0.3) is 241 Å². The highest BCUT2D eigenvalue weighted by molar-refractivity contribution is 6.26. The minimum atomic E-state index is 1.23. The largest absolute Gasteiger partial charge is 0.0622 e. The molecule has 0 atom stereocenters. The lowest BCUT2D eigenvalue weighted by Crippen LogP contribution is -1.93. The van der Waals surface area contributed by atoms with Crippen molar-refractivity contribution in [2.45, 2.75) is 0 Å². The van der Waals surface area contributed by atoms with E-state index in [0.29, 0.717) is 0 Å². The molecule has 606 valence electrons. The molecular formula is C130H86. The Morgan fingerprint density at radius 2 is 0.292 bits per heavy atom. The Morgan fingerprint density at radius 1 is 0.0769 bits per heavy atom. The van der Waals surface area contributed by atoms with E-state index in [9.17, 15) is 0 Å². The zero-order chi connectivity index (χ0) is 86.2. The van der Waals surface area contributed by atoms with E-state index < -0.39 is 0 Å². The fourth-order valence-corrected chi connectivity index (χ4v) is 20.2. The summed E-state index contributed by atoms with van der Waals surface area (Å²) in [6, 6.07) is 190. The van der Waals surface area contributed by atoms with Crippen LogP contribution < -0.4 is 0 Å². The molecule has 130 heavy (non-hydrogen) atoms. The van der Waals surface area contributed by atoms with Gasteiger partial charge in [-0.15, -0.1) is 0 Å². The molecule has 25 rings (SSSR count). The summed E-state index contributed by atoms with van der Waals surface area (Å²) in [4.78, 5) is 0. The van der Waals surface area contributed by atoms with Crippen LogP contribution in [0, 0.1) is 0 Å². The predicted molar refractivity (Wildman–Crippen MR) is 560 cm³/mol. The van der Waals surface area contributed by atoms with E-state index in [-0.39, 0.29) is 0 Å². The van der Waals surface area contributed by atoms with Crippen molar-refractivity contribution in [1.29, 1.82) is 0 Å². The maximum atomic E-state index is 2.38. The second kappa shape index (κ2) is 34.2. The predicted octanol–water partition coefficient (Wildman–Crippen LogP) is 36.6. The monoisotopic (exact) mass is 1650 g/mol. The van der Waals surface area contributed by atoms with E-state index in [4.69, 9.17) is 0 Å². The molecule has 0 saturated heterocycles. The zero-order valence-electron chi connectivity index (χ0n) is 71.7. The van der Waals surface area contributed by atoms with Crippen molar-refractivity contribution in [2.75, 3.05) is 0 Å². The van der Waals surface area contributed by atoms with Crippen molar-refractivity contribution in [3.63, 3.8) is 0 Å². The summed E-state index contributed by atoms with van der Waals surface area (Å²) in [5.41, 5.74) is 30.0. The fraction of sp³-hybridized carbons (Fsp3) is 0. The summed E-state index contributed by atoms with van der Waals surface area (Å²) >= 11 is 0. The van der Waals surface area contributed by atoms with E-state index >= 15 is 0 Å². The van der Waals surface area contributed by atoms with Gasteiger partial charge < -0.3 is 0 Å². The number of rotatable bonds is 12. The third-order valence-electron chi connectivity index (χ3n) is 26.4. The van der Waals surface area contributed by atoms with Gasteiger partial charge in [0.1, 0.15) is 0 Å². The van der Waals surface area contributed by atoms with Gasteiger partial charge in [-0.3, -0.25) is 0 Å². The molecule has 0 amide bonds. The number of hydrogen-bond acceptors (Lipinski definition) is 0. The maximum Gasteiger partial charge on any atom is -0.00201 e. The third-order valence-corrected chi connectivity index (χ3v) is 26.4. The highest BCUT2D eigenvalue weighted by atomic mass is 14.3. The summed E-state index contributed by atoms with van der Waals surface area (Å²) in [6.45, 7) is 0. The Labute approximate surface area is 757 Å². The molecule has 0 aromatic heterocycles. The van der Waals surface area contributed by atoms with E-state index in [1.807, 2.05) is 0 Å². The van der Waals surface area contributed by atoms with Gasteiger partial charge in [-0.1, -0.05) is 497 Å². The highest BCUT2D eigenvalue weighted by Crippen LogP contribution is 2.51. The van der Waals surface area contributed by atoms with Crippen molar-refractivity contribution in [1.82, 2.24) is 0 Å². The molecule has 0 heterocycles. The molecule has 0 aliphatic rings. The fourth-order valence-electron chi connectivity index (χ4n) is 20.2. The van der Waals surface area contributed by atoms with E-state index in [2.05, 4.69) is 522 Å². The summed E-state index contributed by atoms with van der Waals surface area (Å²) in [7, 11) is 0. The van der Waals surface area contributed by atoms with Crippen molar-refractivity contribution < 1.29 is 0 Å². The average Bonchev–Trinajstić information content (AvgIpc) is 0.675. The first-order valence-electron chi connectivity index (χ1n) is 45.0. The number of fused-ring (bicyclic) bond motifs is 11. The Kier molecular flexibility index (Phi) is 20.5. The zero-order valence-corrected chi connectivity index (χ0v) is 71.7. The minimum absolute atomic E-state index is 1.23. The second-order valence-corrected chi connectivity index (χ2v) is 33.9. The third kappa shape index (κ3) is 14.6. The summed E-state index contributed by atoms with van der Waals surface area (Å²) < 4.78 is 0. The van der Waals surface area contributed by atoms with Gasteiger partial charge in [0.15, 0.2) is 0 Å². The van der Waals surface area contributed by atoms with Crippen LogP contribution in [-0.4, -0.2) is 0 Å². The lowest BCUT2D eigenvalue weighted by molar-refractivity contribution is 1.61. The van der Waals surface area contributed by atoms with Crippen LogP contribution in [-0.2, 0) is 0 Å². The number of benzene rings is 25. The van der Waals surface area contributed by atoms with Crippen LogP contribution in [0.5, 0.6) is 0 Å². The Bertz CT molecular complexity index is 8410. The van der Waals surface area contributed by atoms with Crippen LogP contribution in [0.3, 0.4) is 0 Å². The molecule has 25 aromatic rings. The first-order valence-corrected chi connectivity index (χ1v) is 45.0.